The van der Waals surface area contributed by atoms with Gasteiger partial charge in [0.1, 0.15) is 17.6 Å². The molecule has 3 rings (SSSR count). The summed E-state index contributed by atoms with van der Waals surface area (Å²) in [6.07, 6.45) is 0. The summed E-state index contributed by atoms with van der Waals surface area (Å²) in [7, 11) is 0. The SMILES string of the molecule is N#Cc1cc2[nH]nc(N)c2cc1Oc1ccc(F)cc1F. The molecule has 0 saturated heterocycles. The maximum absolute atomic E-state index is 13.6. The summed E-state index contributed by atoms with van der Waals surface area (Å²) in [5.74, 6) is -1.41. The number of H-pyrrole nitrogens is 1. The first-order valence-corrected chi connectivity index (χ1v) is 5.89. The molecule has 1 heterocycles. The Morgan fingerprint density at radius 1 is 1.19 bits per heavy atom. The van der Waals surface area contributed by atoms with Crippen LogP contribution in [0.15, 0.2) is 30.3 Å². The summed E-state index contributed by atoms with van der Waals surface area (Å²) in [6, 6.07) is 7.83. The number of fused-ring (bicyclic) bond motifs is 1. The van der Waals surface area contributed by atoms with Crippen LogP contribution in [0.4, 0.5) is 14.6 Å². The molecule has 2 aromatic carbocycles. The summed E-state index contributed by atoms with van der Waals surface area (Å²) >= 11 is 0. The lowest BCUT2D eigenvalue weighted by atomic mass is 10.1. The number of halogens is 2. The van der Waals surface area contributed by atoms with Gasteiger partial charge in [-0.2, -0.15) is 10.4 Å². The van der Waals surface area contributed by atoms with Gasteiger partial charge in [-0.05, 0) is 24.3 Å². The van der Waals surface area contributed by atoms with E-state index < -0.39 is 11.6 Å². The van der Waals surface area contributed by atoms with Gasteiger partial charge in [-0.3, -0.25) is 5.10 Å². The largest absolute Gasteiger partial charge is 0.453 e. The zero-order valence-electron chi connectivity index (χ0n) is 10.5. The van der Waals surface area contributed by atoms with Gasteiger partial charge in [-0.15, -0.1) is 0 Å². The Balaban J connectivity index is 2.10. The van der Waals surface area contributed by atoms with Crippen LogP contribution < -0.4 is 10.5 Å². The van der Waals surface area contributed by atoms with Crippen molar-refractivity contribution in [3.8, 4) is 17.6 Å². The minimum Gasteiger partial charge on any atom is -0.453 e. The zero-order valence-corrected chi connectivity index (χ0v) is 10.5. The van der Waals surface area contributed by atoms with Crippen molar-refractivity contribution in [3.05, 3.63) is 47.5 Å². The average Bonchev–Trinajstić information content (AvgIpc) is 2.82. The number of nitrogens with zero attached hydrogens (tertiary/aromatic N) is 2. The molecule has 0 atom stereocenters. The van der Waals surface area contributed by atoms with E-state index in [2.05, 4.69) is 10.2 Å². The fraction of sp³-hybridized carbons (Fsp3) is 0. The number of hydrogen-bond acceptors (Lipinski definition) is 4. The molecule has 3 aromatic rings. The lowest BCUT2D eigenvalue weighted by molar-refractivity contribution is 0.437. The molecule has 0 unspecified atom stereocenters. The lowest BCUT2D eigenvalue weighted by Gasteiger charge is -2.08. The van der Waals surface area contributed by atoms with Crippen molar-refractivity contribution in [1.82, 2.24) is 10.2 Å². The number of aromatic amines is 1. The van der Waals surface area contributed by atoms with Crippen molar-refractivity contribution < 1.29 is 13.5 Å². The van der Waals surface area contributed by atoms with E-state index in [9.17, 15) is 8.78 Å². The van der Waals surface area contributed by atoms with Gasteiger partial charge < -0.3 is 10.5 Å². The molecule has 0 aliphatic carbocycles. The first-order chi connectivity index (χ1) is 10.1. The molecule has 0 aliphatic heterocycles. The van der Waals surface area contributed by atoms with E-state index >= 15 is 0 Å². The summed E-state index contributed by atoms with van der Waals surface area (Å²) in [5.41, 5.74) is 6.42. The van der Waals surface area contributed by atoms with E-state index in [0.717, 1.165) is 12.1 Å². The maximum Gasteiger partial charge on any atom is 0.168 e. The number of ether oxygens (including phenoxy) is 1. The van der Waals surface area contributed by atoms with Crippen LogP contribution in [-0.4, -0.2) is 10.2 Å². The van der Waals surface area contributed by atoms with E-state index in [0.29, 0.717) is 17.0 Å². The summed E-state index contributed by atoms with van der Waals surface area (Å²) in [6.45, 7) is 0. The minimum atomic E-state index is -0.862. The van der Waals surface area contributed by atoms with Crippen molar-refractivity contribution in [1.29, 1.82) is 5.26 Å². The predicted octanol–water partition coefficient (Wildman–Crippen LogP) is 3.09. The van der Waals surface area contributed by atoms with Gasteiger partial charge in [0.2, 0.25) is 0 Å². The highest BCUT2D eigenvalue weighted by molar-refractivity contribution is 5.91. The topological polar surface area (TPSA) is 87.7 Å². The van der Waals surface area contributed by atoms with Gasteiger partial charge in [-0.1, -0.05) is 0 Å². The van der Waals surface area contributed by atoms with Crippen molar-refractivity contribution in [2.24, 2.45) is 0 Å². The van der Waals surface area contributed by atoms with Crippen LogP contribution in [0.1, 0.15) is 5.56 Å². The molecule has 5 nitrogen and oxygen atoms in total. The smallest absolute Gasteiger partial charge is 0.168 e. The fourth-order valence-electron chi connectivity index (χ4n) is 1.91. The van der Waals surface area contributed by atoms with E-state index in [1.807, 2.05) is 6.07 Å². The Kier molecular flexibility index (Phi) is 2.92. The van der Waals surface area contributed by atoms with Gasteiger partial charge in [-0.25, -0.2) is 8.78 Å². The van der Waals surface area contributed by atoms with Crippen molar-refractivity contribution in [2.45, 2.75) is 0 Å². The molecular weight excluding hydrogens is 278 g/mol. The standard InChI is InChI=1S/C14H8F2N4O/c15-8-1-2-12(10(16)4-8)21-13-5-9-11(3-7(13)6-17)19-20-14(9)18/h1-5H,(H3,18,19,20). The molecule has 0 saturated carbocycles. The Hall–Kier alpha value is -3.14. The molecule has 21 heavy (non-hydrogen) atoms. The number of nitrogens with two attached hydrogens (primary N) is 1. The number of nitrogens with one attached hydrogen (secondary N) is 1. The molecule has 0 fully saturated rings. The molecule has 3 N–H and O–H groups in total. The van der Waals surface area contributed by atoms with Crippen LogP contribution >= 0.6 is 0 Å². The van der Waals surface area contributed by atoms with Crippen molar-refractivity contribution in [2.75, 3.05) is 5.73 Å². The molecule has 104 valence electrons. The monoisotopic (exact) mass is 286 g/mol. The Bertz CT molecular complexity index is 883. The third-order valence-electron chi connectivity index (χ3n) is 2.93. The first-order valence-electron chi connectivity index (χ1n) is 5.89. The van der Waals surface area contributed by atoms with Gasteiger partial charge in [0, 0.05) is 11.5 Å². The highest BCUT2D eigenvalue weighted by Gasteiger charge is 2.13. The van der Waals surface area contributed by atoms with Crippen molar-refractivity contribution >= 4 is 16.7 Å². The zero-order chi connectivity index (χ0) is 15.0. The second-order valence-corrected chi connectivity index (χ2v) is 4.29. The fourth-order valence-corrected chi connectivity index (χ4v) is 1.91. The number of rotatable bonds is 2. The van der Waals surface area contributed by atoms with E-state index in [4.69, 9.17) is 15.7 Å². The highest BCUT2D eigenvalue weighted by atomic mass is 19.1. The van der Waals surface area contributed by atoms with Gasteiger partial charge in [0.25, 0.3) is 0 Å². The maximum atomic E-state index is 13.6. The lowest BCUT2D eigenvalue weighted by Crippen LogP contribution is -1.93. The average molecular weight is 286 g/mol. The normalized spacial score (nSPS) is 10.5. The van der Waals surface area contributed by atoms with Gasteiger partial charge in [0.15, 0.2) is 17.4 Å². The van der Waals surface area contributed by atoms with Crippen molar-refractivity contribution in [3.63, 3.8) is 0 Å². The molecular formula is C14H8F2N4O. The molecule has 1 aromatic heterocycles. The van der Waals surface area contributed by atoms with E-state index in [1.54, 1.807) is 0 Å². The number of hydrogen-bond donors (Lipinski definition) is 2. The Labute approximate surface area is 117 Å². The molecule has 0 spiro atoms. The van der Waals surface area contributed by atoms with E-state index in [-0.39, 0.29) is 22.9 Å². The molecule has 7 heteroatoms. The number of aromatic nitrogens is 2. The Morgan fingerprint density at radius 2 is 2.00 bits per heavy atom. The number of nitrogen functional groups attached to an aromatic ring is 1. The van der Waals surface area contributed by atoms with Crippen LogP contribution in [0.25, 0.3) is 10.9 Å². The summed E-state index contributed by atoms with van der Waals surface area (Å²) in [4.78, 5) is 0. The van der Waals surface area contributed by atoms with Gasteiger partial charge in [0.05, 0.1) is 11.1 Å². The van der Waals surface area contributed by atoms with Crippen LogP contribution in [0, 0.1) is 23.0 Å². The number of benzene rings is 2. The molecule has 0 aliphatic rings. The van der Waals surface area contributed by atoms with Crippen LogP contribution in [-0.2, 0) is 0 Å². The van der Waals surface area contributed by atoms with Crippen LogP contribution in [0.5, 0.6) is 11.5 Å². The third-order valence-corrected chi connectivity index (χ3v) is 2.93. The minimum absolute atomic E-state index is 0.114. The van der Waals surface area contributed by atoms with Crippen LogP contribution in [0.3, 0.4) is 0 Å². The first kappa shape index (κ1) is 12.9. The Morgan fingerprint density at radius 3 is 2.71 bits per heavy atom. The van der Waals surface area contributed by atoms with Gasteiger partial charge >= 0.3 is 0 Å². The second kappa shape index (κ2) is 4.76. The quantitative estimate of drug-likeness (QED) is 0.757. The number of nitriles is 1. The second-order valence-electron chi connectivity index (χ2n) is 4.29. The molecule has 0 amide bonds. The predicted molar refractivity (Wildman–Crippen MR) is 71.7 cm³/mol. The van der Waals surface area contributed by atoms with E-state index in [1.165, 1.54) is 12.1 Å². The third kappa shape index (κ3) is 2.23. The highest BCUT2D eigenvalue weighted by Crippen LogP contribution is 2.32. The summed E-state index contributed by atoms with van der Waals surface area (Å²) in [5, 5.41) is 16.2. The number of anilines is 1. The molecule has 0 bridgehead atoms. The molecule has 0 radical (unpaired) electrons. The van der Waals surface area contributed by atoms with Crippen LogP contribution in [0.2, 0.25) is 0 Å². The summed E-state index contributed by atoms with van der Waals surface area (Å²) < 4.78 is 31.8.